The van der Waals surface area contributed by atoms with Gasteiger partial charge in [0.05, 0.1) is 17.8 Å². The number of hydrogen-bond acceptors (Lipinski definition) is 4. The average molecular weight is 305 g/mol. The summed E-state index contributed by atoms with van der Waals surface area (Å²) in [5.74, 6) is -2.51. The van der Waals surface area contributed by atoms with Crippen molar-refractivity contribution in [3.8, 4) is 0 Å². The monoisotopic (exact) mass is 305 g/mol. The first-order chi connectivity index (χ1) is 10.3. The molecule has 4 N–H and O–H groups in total. The van der Waals surface area contributed by atoms with E-state index in [1.54, 1.807) is 0 Å². The molecule has 0 aliphatic rings. The van der Waals surface area contributed by atoms with Gasteiger partial charge in [-0.25, -0.2) is 9.59 Å². The van der Waals surface area contributed by atoms with Crippen LogP contribution in [-0.2, 0) is 16.1 Å². The maximum Gasteiger partial charge on any atom is 0.328 e. The molecule has 1 aromatic heterocycles. The maximum absolute atomic E-state index is 9.55. The molecule has 0 amide bonds. The van der Waals surface area contributed by atoms with Gasteiger partial charge in [-0.3, -0.25) is 4.68 Å². The summed E-state index contributed by atoms with van der Waals surface area (Å²) < 4.78 is 1.98. The van der Waals surface area contributed by atoms with Crippen LogP contribution in [0.3, 0.4) is 0 Å². The summed E-state index contributed by atoms with van der Waals surface area (Å²) in [6.07, 6.45) is 1.12. The molecule has 0 aliphatic heterocycles. The number of benzene rings is 1. The third-order valence-electron chi connectivity index (χ3n) is 2.67. The van der Waals surface area contributed by atoms with Crippen LogP contribution in [0.25, 0.3) is 10.9 Å². The lowest BCUT2D eigenvalue weighted by Gasteiger charge is -2.05. The number of nitrogens with two attached hydrogens (primary N) is 1. The standard InChI is InChI=1S/C11H15N3.C4H4O4/c1-8(12)7-14-11-6-4-3-5-10(11)9(2)13-14;5-3(6)1-2-4(7)8/h3-6,8H,7,12H2,1-2H3;1-2H,(H,5,6)(H,7,8). The van der Waals surface area contributed by atoms with Crippen LogP contribution in [0.4, 0.5) is 0 Å². The van der Waals surface area contributed by atoms with Crippen LogP contribution in [0.15, 0.2) is 36.4 Å². The molecule has 0 aliphatic carbocycles. The van der Waals surface area contributed by atoms with Gasteiger partial charge in [-0.05, 0) is 19.9 Å². The maximum atomic E-state index is 9.55. The predicted molar refractivity (Wildman–Crippen MR) is 82.5 cm³/mol. The van der Waals surface area contributed by atoms with Gasteiger partial charge in [0, 0.05) is 23.6 Å². The summed E-state index contributed by atoms with van der Waals surface area (Å²) in [4.78, 5) is 19.1. The molecule has 118 valence electrons. The molecular weight excluding hydrogens is 286 g/mol. The van der Waals surface area contributed by atoms with Gasteiger partial charge in [0.15, 0.2) is 0 Å². The summed E-state index contributed by atoms with van der Waals surface area (Å²) >= 11 is 0. The highest BCUT2D eigenvalue weighted by molar-refractivity contribution is 5.89. The molecule has 1 aromatic carbocycles. The molecule has 7 nitrogen and oxygen atoms in total. The highest BCUT2D eigenvalue weighted by atomic mass is 16.4. The Bertz CT molecular complexity index is 673. The van der Waals surface area contributed by atoms with Gasteiger partial charge in [0.1, 0.15) is 0 Å². The number of carboxylic acids is 2. The van der Waals surface area contributed by atoms with Gasteiger partial charge in [-0.1, -0.05) is 18.2 Å². The van der Waals surface area contributed by atoms with E-state index >= 15 is 0 Å². The van der Waals surface area contributed by atoms with Crippen molar-refractivity contribution >= 4 is 22.8 Å². The van der Waals surface area contributed by atoms with Crippen LogP contribution in [0.1, 0.15) is 12.6 Å². The molecule has 0 saturated heterocycles. The first-order valence-corrected chi connectivity index (χ1v) is 6.63. The van der Waals surface area contributed by atoms with E-state index in [0.717, 1.165) is 12.2 Å². The van der Waals surface area contributed by atoms with Crippen molar-refractivity contribution in [1.29, 1.82) is 0 Å². The Labute approximate surface area is 127 Å². The Balaban J connectivity index is 0.000000261. The molecule has 0 fully saturated rings. The topological polar surface area (TPSA) is 118 Å². The van der Waals surface area contributed by atoms with E-state index in [-0.39, 0.29) is 6.04 Å². The van der Waals surface area contributed by atoms with Crippen LogP contribution in [0, 0.1) is 6.92 Å². The van der Waals surface area contributed by atoms with Crippen LogP contribution in [-0.4, -0.2) is 38.0 Å². The van der Waals surface area contributed by atoms with Crippen molar-refractivity contribution in [3.63, 3.8) is 0 Å². The normalized spacial score (nSPS) is 12.0. The molecular formula is C15H19N3O4. The Hall–Kier alpha value is -2.67. The number of rotatable bonds is 4. The summed E-state index contributed by atoms with van der Waals surface area (Å²) in [7, 11) is 0. The summed E-state index contributed by atoms with van der Waals surface area (Å²) in [5.41, 5.74) is 8.00. The van der Waals surface area contributed by atoms with Gasteiger partial charge in [0.25, 0.3) is 0 Å². The molecule has 7 heteroatoms. The third-order valence-corrected chi connectivity index (χ3v) is 2.67. The van der Waals surface area contributed by atoms with Crippen molar-refractivity contribution in [2.45, 2.75) is 26.4 Å². The molecule has 0 bridgehead atoms. The van der Waals surface area contributed by atoms with E-state index < -0.39 is 11.9 Å². The van der Waals surface area contributed by atoms with Crippen LogP contribution in [0.5, 0.6) is 0 Å². The second kappa shape index (κ2) is 7.94. The number of aromatic nitrogens is 2. The number of nitrogens with zero attached hydrogens (tertiary/aromatic N) is 2. The van der Waals surface area contributed by atoms with Gasteiger partial charge in [-0.2, -0.15) is 5.10 Å². The second-order valence-corrected chi connectivity index (χ2v) is 4.77. The number of carbonyl (C=O) groups is 2. The van der Waals surface area contributed by atoms with Crippen LogP contribution in [0.2, 0.25) is 0 Å². The zero-order valence-corrected chi connectivity index (χ0v) is 12.4. The number of hydrogen-bond donors (Lipinski definition) is 3. The fourth-order valence-corrected chi connectivity index (χ4v) is 1.85. The number of para-hydroxylation sites is 1. The Morgan fingerprint density at radius 1 is 1.27 bits per heavy atom. The lowest BCUT2D eigenvalue weighted by Crippen LogP contribution is -2.22. The summed E-state index contributed by atoms with van der Waals surface area (Å²) in [5, 5.41) is 21.3. The van der Waals surface area contributed by atoms with Crippen LogP contribution >= 0.6 is 0 Å². The smallest absolute Gasteiger partial charge is 0.328 e. The van der Waals surface area contributed by atoms with Crippen molar-refractivity contribution in [1.82, 2.24) is 9.78 Å². The zero-order valence-electron chi connectivity index (χ0n) is 12.4. The molecule has 1 heterocycles. The highest BCUT2D eigenvalue weighted by Gasteiger charge is 2.06. The molecule has 1 atom stereocenters. The lowest BCUT2D eigenvalue weighted by atomic mass is 10.2. The number of carboxylic acid groups (broad SMARTS) is 2. The van der Waals surface area contributed by atoms with E-state index in [0.29, 0.717) is 12.2 Å². The van der Waals surface area contributed by atoms with Crippen molar-refractivity contribution in [2.24, 2.45) is 5.73 Å². The minimum atomic E-state index is -1.26. The number of aryl methyl sites for hydroxylation is 1. The number of aliphatic carboxylic acids is 2. The van der Waals surface area contributed by atoms with E-state index in [4.69, 9.17) is 15.9 Å². The Morgan fingerprint density at radius 3 is 2.32 bits per heavy atom. The van der Waals surface area contributed by atoms with Gasteiger partial charge >= 0.3 is 11.9 Å². The summed E-state index contributed by atoms with van der Waals surface area (Å²) in [6.45, 7) is 4.79. The minimum Gasteiger partial charge on any atom is -0.478 e. The minimum absolute atomic E-state index is 0.137. The molecule has 1 unspecified atom stereocenters. The third kappa shape index (κ3) is 5.37. The Morgan fingerprint density at radius 2 is 1.82 bits per heavy atom. The predicted octanol–water partition coefficient (Wildman–Crippen LogP) is 1.40. The van der Waals surface area contributed by atoms with Crippen molar-refractivity contribution in [3.05, 3.63) is 42.1 Å². The first-order valence-electron chi connectivity index (χ1n) is 6.63. The molecule has 2 aromatic rings. The fraction of sp³-hybridized carbons (Fsp3) is 0.267. The molecule has 2 rings (SSSR count). The SMILES string of the molecule is Cc1nn(CC(C)N)c2ccccc12.O=C(O)C=CC(=O)O. The van der Waals surface area contributed by atoms with Crippen molar-refractivity contribution in [2.75, 3.05) is 0 Å². The Kier molecular flexibility index (Phi) is 6.27. The molecule has 0 saturated carbocycles. The zero-order chi connectivity index (χ0) is 16.7. The first kappa shape index (κ1) is 17.4. The molecule has 22 heavy (non-hydrogen) atoms. The lowest BCUT2D eigenvalue weighted by molar-refractivity contribution is -0.134. The van der Waals surface area contributed by atoms with Gasteiger partial charge in [0.2, 0.25) is 0 Å². The van der Waals surface area contributed by atoms with E-state index in [1.165, 1.54) is 10.9 Å². The molecule has 0 radical (unpaired) electrons. The largest absolute Gasteiger partial charge is 0.478 e. The van der Waals surface area contributed by atoms with Gasteiger partial charge < -0.3 is 15.9 Å². The van der Waals surface area contributed by atoms with E-state index in [1.807, 2.05) is 30.7 Å². The second-order valence-electron chi connectivity index (χ2n) is 4.77. The molecule has 0 spiro atoms. The quantitative estimate of drug-likeness (QED) is 0.735. The average Bonchev–Trinajstić information content (AvgIpc) is 2.74. The summed E-state index contributed by atoms with van der Waals surface area (Å²) in [6, 6.07) is 8.37. The number of fused-ring (bicyclic) bond motifs is 1. The van der Waals surface area contributed by atoms with E-state index in [9.17, 15) is 9.59 Å². The fourth-order valence-electron chi connectivity index (χ4n) is 1.85. The van der Waals surface area contributed by atoms with E-state index in [2.05, 4.69) is 17.2 Å². The van der Waals surface area contributed by atoms with Crippen molar-refractivity contribution < 1.29 is 19.8 Å². The van der Waals surface area contributed by atoms with Gasteiger partial charge in [-0.15, -0.1) is 0 Å². The highest BCUT2D eigenvalue weighted by Crippen LogP contribution is 2.17. The van der Waals surface area contributed by atoms with Crippen LogP contribution < -0.4 is 5.73 Å².